The van der Waals surface area contributed by atoms with Crippen LogP contribution in [0.5, 0.6) is 0 Å². The summed E-state index contributed by atoms with van der Waals surface area (Å²) in [5.74, 6) is -1.82. The van der Waals surface area contributed by atoms with E-state index < -0.39 is 17.4 Å². The number of benzene rings is 1. The lowest BCUT2D eigenvalue weighted by atomic mass is 9.92. The smallest absolute Gasteiger partial charge is 0.336 e. The van der Waals surface area contributed by atoms with Gasteiger partial charge in [-0.05, 0) is 18.1 Å². The monoisotopic (exact) mass is 212 g/mol. The Hall–Kier alpha value is -1.42. The van der Waals surface area contributed by atoms with Crippen LogP contribution in [0, 0.1) is 5.82 Å². The van der Waals surface area contributed by atoms with E-state index in [9.17, 15) is 14.3 Å². The minimum atomic E-state index is -1.89. The summed E-state index contributed by atoms with van der Waals surface area (Å²) in [6.45, 7) is 1.55. The van der Waals surface area contributed by atoms with Gasteiger partial charge in [-0.2, -0.15) is 0 Å². The summed E-state index contributed by atoms with van der Waals surface area (Å²) in [5.41, 5.74) is -1.67. The van der Waals surface area contributed by atoms with Gasteiger partial charge in [-0.1, -0.05) is 25.1 Å². The molecule has 0 fully saturated rings. The first-order chi connectivity index (χ1) is 6.99. The molecule has 0 heterocycles. The van der Waals surface area contributed by atoms with Gasteiger partial charge in [0, 0.05) is 6.42 Å². The van der Waals surface area contributed by atoms with E-state index in [2.05, 4.69) is 0 Å². The van der Waals surface area contributed by atoms with Gasteiger partial charge >= 0.3 is 5.97 Å². The van der Waals surface area contributed by atoms with Crippen molar-refractivity contribution in [3.8, 4) is 0 Å². The van der Waals surface area contributed by atoms with Crippen molar-refractivity contribution < 1.29 is 19.4 Å². The molecule has 0 bridgehead atoms. The minimum absolute atomic E-state index is 0.0384. The Balaban J connectivity index is 2.94. The molecule has 15 heavy (non-hydrogen) atoms. The normalized spacial score (nSPS) is 14.6. The van der Waals surface area contributed by atoms with Crippen LogP contribution < -0.4 is 0 Å². The van der Waals surface area contributed by atoms with E-state index in [1.165, 1.54) is 18.2 Å². The maximum Gasteiger partial charge on any atom is 0.336 e. The van der Waals surface area contributed by atoms with Crippen molar-refractivity contribution in [1.82, 2.24) is 0 Å². The average molecular weight is 212 g/mol. The van der Waals surface area contributed by atoms with Crippen molar-refractivity contribution in [2.24, 2.45) is 0 Å². The molecule has 0 aliphatic carbocycles. The Morgan fingerprint density at radius 2 is 2.07 bits per heavy atom. The van der Waals surface area contributed by atoms with Crippen LogP contribution in [0.2, 0.25) is 0 Å². The van der Waals surface area contributed by atoms with Gasteiger partial charge in [0.05, 0.1) is 0 Å². The molecule has 0 spiro atoms. The first-order valence-corrected chi connectivity index (χ1v) is 4.69. The van der Waals surface area contributed by atoms with Crippen LogP contribution in [0.25, 0.3) is 0 Å². The fourth-order valence-corrected chi connectivity index (χ4v) is 1.31. The lowest BCUT2D eigenvalue weighted by Crippen LogP contribution is -2.40. The molecule has 0 aliphatic heterocycles. The van der Waals surface area contributed by atoms with Gasteiger partial charge in [-0.15, -0.1) is 0 Å². The highest BCUT2D eigenvalue weighted by Gasteiger charge is 2.34. The van der Waals surface area contributed by atoms with Gasteiger partial charge in [0.15, 0.2) is 5.60 Å². The Morgan fingerprint density at radius 1 is 1.47 bits per heavy atom. The highest BCUT2D eigenvalue weighted by molar-refractivity contribution is 5.77. The van der Waals surface area contributed by atoms with Crippen LogP contribution in [-0.4, -0.2) is 21.8 Å². The summed E-state index contributed by atoms with van der Waals surface area (Å²) < 4.78 is 13.2. The zero-order valence-electron chi connectivity index (χ0n) is 8.40. The minimum Gasteiger partial charge on any atom is -0.479 e. The molecule has 0 amide bonds. The van der Waals surface area contributed by atoms with Crippen LogP contribution in [0.3, 0.4) is 0 Å². The van der Waals surface area contributed by atoms with E-state index in [0.29, 0.717) is 0 Å². The quantitative estimate of drug-likeness (QED) is 0.796. The number of carboxylic acids is 1. The number of hydrogen-bond acceptors (Lipinski definition) is 2. The summed E-state index contributed by atoms with van der Waals surface area (Å²) in [7, 11) is 0. The molecule has 0 saturated heterocycles. The summed E-state index contributed by atoms with van der Waals surface area (Å²) in [6, 6.07) is 5.84. The van der Waals surface area contributed by atoms with Gasteiger partial charge < -0.3 is 10.2 Å². The van der Waals surface area contributed by atoms with Crippen molar-refractivity contribution in [2.45, 2.75) is 25.4 Å². The summed E-state index contributed by atoms with van der Waals surface area (Å²) in [6.07, 6.45) is -0.178. The Morgan fingerprint density at radius 3 is 2.53 bits per heavy atom. The largest absolute Gasteiger partial charge is 0.479 e. The van der Waals surface area contributed by atoms with Gasteiger partial charge in [0.2, 0.25) is 0 Å². The van der Waals surface area contributed by atoms with Crippen molar-refractivity contribution in [3.05, 3.63) is 35.6 Å². The van der Waals surface area contributed by atoms with Crippen molar-refractivity contribution in [3.63, 3.8) is 0 Å². The molecule has 0 radical (unpaired) electrons. The molecular formula is C11H13FO3. The molecule has 0 aliphatic rings. The lowest BCUT2D eigenvalue weighted by molar-refractivity contribution is -0.158. The third-order valence-corrected chi connectivity index (χ3v) is 2.42. The highest BCUT2D eigenvalue weighted by atomic mass is 19.1. The fourth-order valence-electron chi connectivity index (χ4n) is 1.31. The number of hydrogen-bond donors (Lipinski definition) is 2. The van der Waals surface area contributed by atoms with Gasteiger partial charge in [-0.3, -0.25) is 0 Å². The van der Waals surface area contributed by atoms with Gasteiger partial charge in [-0.25, -0.2) is 9.18 Å². The van der Waals surface area contributed by atoms with Crippen LogP contribution in [0.4, 0.5) is 4.39 Å². The topological polar surface area (TPSA) is 57.5 Å². The Kier molecular flexibility index (Phi) is 3.42. The number of rotatable bonds is 4. The molecule has 4 heteroatoms. The molecule has 0 aromatic heterocycles. The fraction of sp³-hybridized carbons (Fsp3) is 0.364. The van der Waals surface area contributed by atoms with Gasteiger partial charge in [0.25, 0.3) is 0 Å². The SMILES string of the molecule is CC[C@@](O)(Cc1ccccc1F)C(=O)O. The number of carboxylic acid groups (broad SMARTS) is 1. The van der Waals surface area contributed by atoms with E-state index >= 15 is 0 Å². The van der Waals surface area contributed by atoms with E-state index in [1.54, 1.807) is 13.0 Å². The molecule has 2 N–H and O–H groups in total. The van der Waals surface area contributed by atoms with E-state index in [4.69, 9.17) is 5.11 Å². The molecule has 3 nitrogen and oxygen atoms in total. The summed E-state index contributed by atoms with van der Waals surface area (Å²) in [5, 5.41) is 18.5. The number of aliphatic carboxylic acids is 1. The number of halogens is 1. The molecule has 1 rings (SSSR count). The molecule has 1 aromatic carbocycles. The number of carbonyl (C=O) groups is 1. The maximum absolute atomic E-state index is 13.2. The van der Waals surface area contributed by atoms with Crippen LogP contribution in [-0.2, 0) is 11.2 Å². The first-order valence-electron chi connectivity index (χ1n) is 4.69. The average Bonchev–Trinajstić information content (AvgIpc) is 2.21. The zero-order chi connectivity index (χ0) is 11.5. The van der Waals surface area contributed by atoms with E-state index in [1.807, 2.05) is 0 Å². The van der Waals surface area contributed by atoms with Crippen LogP contribution in [0.1, 0.15) is 18.9 Å². The third-order valence-electron chi connectivity index (χ3n) is 2.42. The summed E-state index contributed by atoms with van der Waals surface area (Å²) >= 11 is 0. The standard InChI is InChI=1S/C11H13FO3/c1-2-11(15,10(13)14)7-8-5-3-4-6-9(8)12/h3-6,15H,2,7H2,1H3,(H,13,14)/t11-/m1/s1. The second-order valence-electron chi connectivity index (χ2n) is 3.46. The van der Waals surface area contributed by atoms with Crippen molar-refractivity contribution >= 4 is 5.97 Å². The van der Waals surface area contributed by atoms with E-state index in [-0.39, 0.29) is 18.4 Å². The summed E-state index contributed by atoms with van der Waals surface area (Å²) in [4.78, 5) is 10.8. The van der Waals surface area contributed by atoms with Gasteiger partial charge in [0.1, 0.15) is 5.82 Å². The van der Waals surface area contributed by atoms with Crippen LogP contribution >= 0.6 is 0 Å². The molecule has 82 valence electrons. The lowest BCUT2D eigenvalue weighted by Gasteiger charge is -2.21. The first kappa shape index (κ1) is 11.7. The third kappa shape index (κ3) is 2.53. The molecular weight excluding hydrogens is 199 g/mol. The molecule has 1 atom stereocenters. The van der Waals surface area contributed by atoms with Crippen molar-refractivity contribution in [2.75, 3.05) is 0 Å². The predicted octanol–water partition coefficient (Wildman–Crippen LogP) is 1.59. The Labute approximate surface area is 87.2 Å². The second kappa shape index (κ2) is 4.40. The molecule has 0 unspecified atom stereocenters. The van der Waals surface area contributed by atoms with E-state index in [0.717, 1.165) is 0 Å². The highest BCUT2D eigenvalue weighted by Crippen LogP contribution is 2.19. The molecule has 0 saturated carbocycles. The predicted molar refractivity (Wildman–Crippen MR) is 53.0 cm³/mol. The Bertz CT molecular complexity index is 365. The van der Waals surface area contributed by atoms with Crippen molar-refractivity contribution in [1.29, 1.82) is 0 Å². The molecule has 1 aromatic rings. The second-order valence-corrected chi connectivity index (χ2v) is 3.46. The maximum atomic E-state index is 13.2. The zero-order valence-corrected chi connectivity index (χ0v) is 8.40. The number of aliphatic hydroxyl groups is 1. The van der Waals surface area contributed by atoms with Crippen LogP contribution in [0.15, 0.2) is 24.3 Å².